The van der Waals surface area contributed by atoms with E-state index in [0.29, 0.717) is 28.1 Å². The van der Waals surface area contributed by atoms with Gasteiger partial charge in [-0.15, -0.1) is 0 Å². The molecule has 1 fully saturated rings. The van der Waals surface area contributed by atoms with Crippen LogP contribution in [0.3, 0.4) is 0 Å². The molecule has 1 amide bonds. The number of ether oxygens (including phenoxy) is 1. The van der Waals surface area contributed by atoms with Crippen molar-refractivity contribution >= 4 is 28.5 Å². The molecule has 1 unspecified atom stereocenters. The Balaban J connectivity index is 1.53. The Morgan fingerprint density at radius 3 is 2.53 bits per heavy atom. The molecule has 0 radical (unpaired) electrons. The summed E-state index contributed by atoms with van der Waals surface area (Å²) in [7, 11) is 0. The van der Waals surface area contributed by atoms with E-state index in [9.17, 15) is 9.59 Å². The minimum absolute atomic E-state index is 0.141. The van der Waals surface area contributed by atoms with Crippen molar-refractivity contribution in [3.05, 3.63) is 80.2 Å². The first-order valence-electron chi connectivity index (χ1n) is 11.0. The number of halogens is 1. The minimum Gasteiger partial charge on any atom is -0.450 e. The Bertz CT molecular complexity index is 1220. The summed E-state index contributed by atoms with van der Waals surface area (Å²) in [5, 5.41) is 0.861. The third kappa shape index (κ3) is 3.83. The van der Waals surface area contributed by atoms with Crippen LogP contribution >= 0.6 is 11.6 Å². The van der Waals surface area contributed by atoms with E-state index in [1.807, 2.05) is 31.2 Å². The molecular formula is C25H25ClN2O4. The van der Waals surface area contributed by atoms with Crippen LogP contribution in [0.25, 0.3) is 11.0 Å². The van der Waals surface area contributed by atoms with E-state index in [-0.39, 0.29) is 17.1 Å². The maximum atomic E-state index is 13.5. The van der Waals surface area contributed by atoms with E-state index in [2.05, 4.69) is 4.90 Å². The molecule has 1 saturated heterocycles. The standard InChI is InChI=1S/C25H25ClN2O4/c1-16-3-5-17(6-4-16)22-21-23(29)19-15-18(26)7-8-20(19)32-24(21)25(30)28(22)10-2-9-27-11-13-31-14-12-27/h3-8,15,22H,2,9-14H2,1H3. The molecule has 3 aromatic rings. The molecule has 7 heteroatoms. The van der Waals surface area contributed by atoms with Crippen LogP contribution in [0.1, 0.15) is 39.7 Å². The highest BCUT2D eigenvalue weighted by atomic mass is 35.5. The van der Waals surface area contributed by atoms with E-state index in [0.717, 1.165) is 50.4 Å². The summed E-state index contributed by atoms with van der Waals surface area (Å²) in [6, 6.07) is 12.4. The number of hydrogen-bond acceptors (Lipinski definition) is 5. The molecule has 32 heavy (non-hydrogen) atoms. The first kappa shape index (κ1) is 21.2. The van der Waals surface area contributed by atoms with Gasteiger partial charge in [0.1, 0.15) is 5.58 Å². The lowest BCUT2D eigenvalue weighted by molar-refractivity contribution is 0.0353. The average molecular weight is 453 g/mol. The molecule has 0 spiro atoms. The van der Waals surface area contributed by atoms with Gasteiger partial charge in [-0.3, -0.25) is 14.5 Å². The second-order valence-corrected chi connectivity index (χ2v) is 8.87. The van der Waals surface area contributed by atoms with Crippen LogP contribution in [0.2, 0.25) is 5.02 Å². The van der Waals surface area contributed by atoms with Crippen LogP contribution < -0.4 is 5.43 Å². The van der Waals surface area contributed by atoms with Crippen LogP contribution in [-0.2, 0) is 4.74 Å². The second kappa shape index (κ2) is 8.70. The van der Waals surface area contributed by atoms with Crippen LogP contribution in [0.4, 0.5) is 0 Å². The number of carbonyl (C=O) groups is 1. The monoisotopic (exact) mass is 452 g/mol. The Morgan fingerprint density at radius 2 is 1.78 bits per heavy atom. The number of hydrogen-bond donors (Lipinski definition) is 0. The van der Waals surface area contributed by atoms with Crippen molar-refractivity contribution in [1.29, 1.82) is 0 Å². The van der Waals surface area contributed by atoms with E-state index in [1.165, 1.54) is 0 Å². The Morgan fingerprint density at radius 1 is 1.03 bits per heavy atom. The second-order valence-electron chi connectivity index (χ2n) is 8.43. The van der Waals surface area contributed by atoms with Gasteiger partial charge in [-0.1, -0.05) is 41.4 Å². The van der Waals surface area contributed by atoms with Gasteiger partial charge in [-0.25, -0.2) is 0 Å². The average Bonchev–Trinajstić information content (AvgIpc) is 3.08. The zero-order valence-electron chi connectivity index (χ0n) is 18.0. The normalized spacial score (nSPS) is 19.0. The molecule has 0 bridgehead atoms. The molecule has 3 heterocycles. The minimum atomic E-state index is -0.470. The van der Waals surface area contributed by atoms with Gasteiger partial charge >= 0.3 is 0 Å². The molecule has 2 aliphatic heterocycles. The zero-order valence-corrected chi connectivity index (χ0v) is 18.7. The fraction of sp³-hybridized carbons (Fsp3) is 0.360. The van der Waals surface area contributed by atoms with E-state index < -0.39 is 6.04 Å². The Kier molecular flexibility index (Phi) is 5.76. The maximum absolute atomic E-state index is 13.5. The van der Waals surface area contributed by atoms with Gasteiger partial charge in [0.05, 0.1) is 30.2 Å². The van der Waals surface area contributed by atoms with E-state index in [1.54, 1.807) is 23.1 Å². The quantitative estimate of drug-likeness (QED) is 0.585. The molecule has 6 nitrogen and oxygen atoms in total. The number of morpholine rings is 1. The van der Waals surface area contributed by atoms with Gasteiger partial charge in [0.2, 0.25) is 5.76 Å². The largest absolute Gasteiger partial charge is 0.450 e. The van der Waals surface area contributed by atoms with Crippen molar-refractivity contribution in [1.82, 2.24) is 9.80 Å². The molecule has 0 saturated carbocycles. The predicted octanol–water partition coefficient (Wildman–Crippen LogP) is 4.02. The third-order valence-electron chi connectivity index (χ3n) is 6.30. The van der Waals surface area contributed by atoms with Crippen molar-refractivity contribution < 1.29 is 13.9 Å². The number of benzene rings is 2. The number of carbonyl (C=O) groups excluding carboxylic acids is 1. The number of amides is 1. The number of nitrogens with zero attached hydrogens (tertiary/aromatic N) is 2. The van der Waals surface area contributed by atoms with Gasteiger partial charge < -0.3 is 14.1 Å². The van der Waals surface area contributed by atoms with Gasteiger partial charge in [-0.2, -0.15) is 0 Å². The summed E-state index contributed by atoms with van der Waals surface area (Å²) in [6.45, 7) is 6.73. The fourth-order valence-corrected chi connectivity index (χ4v) is 4.78. The SMILES string of the molecule is Cc1ccc(C2c3c(oc4ccc(Cl)cc4c3=O)C(=O)N2CCCN2CCOCC2)cc1. The summed E-state index contributed by atoms with van der Waals surface area (Å²) in [5.74, 6) is -0.0942. The first-order valence-corrected chi connectivity index (χ1v) is 11.3. The first-order chi connectivity index (χ1) is 15.5. The number of aryl methyl sites for hydroxylation is 1. The number of fused-ring (bicyclic) bond motifs is 2. The molecule has 166 valence electrons. The van der Waals surface area contributed by atoms with Crippen LogP contribution in [0, 0.1) is 6.92 Å². The van der Waals surface area contributed by atoms with Crippen molar-refractivity contribution in [3.63, 3.8) is 0 Å². The molecule has 1 atom stereocenters. The van der Waals surface area contributed by atoms with Crippen LogP contribution in [0.5, 0.6) is 0 Å². The summed E-state index contributed by atoms with van der Waals surface area (Å²) < 4.78 is 11.4. The van der Waals surface area contributed by atoms with Gasteiger partial charge in [0, 0.05) is 31.2 Å². The highest BCUT2D eigenvalue weighted by Crippen LogP contribution is 2.38. The van der Waals surface area contributed by atoms with Crippen molar-refractivity contribution in [2.24, 2.45) is 0 Å². The maximum Gasteiger partial charge on any atom is 0.290 e. The van der Waals surface area contributed by atoms with Crippen LogP contribution in [-0.4, -0.2) is 55.1 Å². The molecule has 1 aromatic heterocycles. The van der Waals surface area contributed by atoms with Crippen molar-refractivity contribution in [3.8, 4) is 0 Å². The highest BCUT2D eigenvalue weighted by Gasteiger charge is 2.42. The topological polar surface area (TPSA) is 63.0 Å². The highest BCUT2D eigenvalue weighted by molar-refractivity contribution is 6.31. The fourth-order valence-electron chi connectivity index (χ4n) is 4.61. The lowest BCUT2D eigenvalue weighted by Gasteiger charge is -2.29. The summed E-state index contributed by atoms with van der Waals surface area (Å²) in [6.07, 6.45) is 0.807. The molecule has 0 aliphatic carbocycles. The smallest absolute Gasteiger partial charge is 0.290 e. The summed E-state index contributed by atoms with van der Waals surface area (Å²) in [5.41, 5.74) is 2.61. The molecule has 2 aromatic carbocycles. The Hall–Kier alpha value is -2.67. The van der Waals surface area contributed by atoms with Crippen LogP contribution in [0.15, 0.2) is 51.7 Å². The molecule has 5 rings (SSSR count). The van der Waals surface area contributed by atoms with Gasteiger partial charge in [0.25, 0.3) is 5.91 Å². The summed E-state index contributed by atoms with van der Waals surface area (Å²) >= 11 is 6.14. The van der Waals surface area contributed by atoms with E-state index in [4.69, 9.17) is 20.8 Å². The molecule has 0 N–H and O–H groups in total. The lowest BCUT2D eigenvalue weighted by Crippen LogP contribution is -2.38. The molecular weight excluding hydrogens is 428 g/mol. The van der Waals surface area contributed by atoms with E-state index >= 15 is 0 Å². The lowest BCUT2D eigenvalue weighted by atomic mass is 9.97. The Labute approximate surface area is 191 Å². The van der Waals surface area contributed by atoms with Gasteiger partial charge in [-0.05, 0) is 37.1 Å². The molecule has 2 aliphatic rings. The number of rotatable bonds is 5. The zero-order chi connectivity index (χ0) is 22.2. The van der Waals surface area contributed by atoms with Crippen molar-refractivity contribution in [2.75, 3.05) is 39.4 Å². The summed E-state index contributed by atoms with van der Waals surface area (Å²) in [4.78, 5) is 31.1. The van der Waals surface area contributed by atoms with Gasteiger partial charge in [0.15, 0.2) is 5.43 Å². The predicted molar refractivity (Wildman–Crippen MR) is 123 cm³/mol. The third-order valence-corrected chi connectivity index (χ3v) is 6.53. The van der Waals surface area contributed by atoms with Crippen molar-refractivity contribution in [2.45, 2.75) is 19.4 Å².